The van der Waals surface area contributed by atoms with E-state index in [-0.39, 0.29) is 5.41 Å². The number of phenolic OH excluding ortho intramolecular Hbond substituents is 1. The number of para-hydroxylation sites is 1. The maximum Gasteiger partial charge on any atom is 0.119 e. The molecule has 1 atom stereocenters. The summed E-state index contributed by atoms with van der Waals surface area (Å²) in [7, 11) is 0. The molecule has 0 amide bonds. The van der Waals surface area contributed by atoms with E-state index in [9.17, 15) is 5.11 Å². The van der Waals surface area contributed by atoms with Gasteiger partial charge in [0.2, 0.25) is 0 Å². The van der Waals surface area contributed by atoms with Gasteiger partial charge >= 0.3 is 0 Å². The van der Waals surface area contributed by atoms with Gasteiger partial charge in [-0.15, -0.1) is 0 Å². The van der Waals surface area contributed by atoms with E-state index in [0.29, 0.717) is 5.75 Å². The van der Waals surface area contributed by atoms with Crippen molar-refractivity contribution in [2.75, 3.05) is 13.1 Å². The van der Waals surface area contributed by atoms with Crippen molar-refractivity contribution in [2.45, 2.75) is 18.8 Å². The highest BCUT2D eigenvalue weighted by atomic mass is 16.3. The summed E-state index contributed by atoms with van der Waals surface area (Å²) in [6.45, 7) is 4.21. The van der Waals surface area contributed by atoms with Crippen LogP contribution in [0.3, 0.4) is 0 Å². The summed E-state index contributed by atoms with van der Waals surface area (Å²) in [5.41, 5.74) is 1.19. The van der Waals surface area contributed by atoms with E-state index in [1.54, 1.807) is 6.07 Å². The number of nitrogens with one attached hydrogen (secondary N) is 1. The maximum atomic E-state index is 9.71. The SMILES string of the molecule is CC1(c2ccccc2O)CCNC1. The van der Waals surface area contributed by atoms with Crippen molar-refractivity contribution in [1.29, 1.82) is 0 Å². The van der Waals surface area contributed by atoms with Crippen molar-refractivity contribution < 1.29 is 5.11 Å². The van der Waals surface area contributed by atoms with Crippen LogP contribution in [0, 0.1) is 0 Å². The topological polar surface area (TPSA) is 32.3 Å². The molecule has 0 aromatic heterocycles. The van der Waals surface area contributed by atoms with Gasteiger partial charge in [-0.05, 0) is 19.0 Å². The van der Waals surface area contributed by atoms with Crippen LogP contribution in [-0.4, -0.2) is 18.2 Å². The minimum Gasteiger partial charge on any atom is -0.508 e. The largest absolute Gasteiger partial charge is 0.508 e. The van der Waals surface area contributed by atoms with Crippen molar-refractivity contribution in [2.24, 2.45) is 0 Å². The zero-order valence-electron chi connectivity index (χ0n) is 7.88. The van der Waals surface area contributed by atoms with Crippen molar-refractivity contribution >= 4 is 0 Å². The van der Waals surface area contributed by atoms with E-state index in [2.05, 4.69) is 12.2 Å². The van der Waals surface area contributed by atoms with Gasteiger partial charge in [0.05, 0.1) is 0 Å². The Bertz CT molecular complexity index is 303. The molecule has 0 saturated carbocycles. The van der Waals surface area contributed by atoms with Crippen LogP contribution in [0.15, 0.2) is 24.3 Å². The standard InChI is InChI=1S/C11H15NO/c1-11(6-7-12-8-11)9-4-2-3-5-10(9)13/h2-5,12-13H,6-8H2,1H3. The molecular weight excluding hydrogens is 162 g/mol. The molecule has 2 heteroatoms. The third-order valence-electron chi connectivity index (χ3n) is 2.92. The second-order valence-electron chi connectivity index (χ2n) is 4.00. The molecule has 70 valence electrons. The minimum atomic E-state index is 0.116. The molecule has 1 saturated heterocycles. The summed E-state index contributed by atoms with van der Waals surface area (Å²) in [5, 5.41) is 13.0. The Kier molecular flexibility index (Phi) is 2.00. The van der Waals surface area contributed by atoms with Crippen LogP contribution in [-0.2, 0) is 5.41 Å². The van der Waals surface area contributed by atoms with Gasteiger partial charge in [-0.1, -0.05) is 25.1 Å². The second-order valence-corrected chi connectivity index (χ2v) is 4.00. The van der Waals surface area contributed by atoms with E-state index < -0.39 is 0 Å². The first-order valence-electron chi connectivity index (χ1n) is 4.72. The first-order chi connectivity index (χ1) is 6.22. The van der Waals surface area contributed by atoms with Crippen molar-refractivity contribution in [3.05, 3.63) is 29.8 Å². The third-order valence-corrected chi connectivity index (χ3v) is 2.92. The highest BCUT2D eigenvalue weighted by Gasteiger charge is 2.32. The van der Waals surface area contributed by atoms with Gasteiger partial charge in [-0.3, -0.25) is 0 Å². The fourth-order valence-electron chi connectivity index (χ4n) is 2.03. The van der Waals surface area contributed by atoms with E-state index in [0.717, 1.165) is 25.1 Å². The number of benzene rings is 1. The molecule has 1 aromatic carbocycles. The van der Waals surface area contributed by atoms with Crippen molar-refractivity contribution in [1.82, 2.24) is 5.32 Å². The Labute approximate surface area is 78.6 Å². The lowest BCUT2D eigenvalue weighted by molar-refractivity contribution is 0.434. The van der Waals surface area contributed by atoms with E-state index >= 15 is 0 Å². The third kappa shape index (κ3) is 1.42. The monoisotopic (exact) mass is 177 g/mol. The lowest BCUT2D eigenvalue weighted by Crippen LogP contribution is -2.24. The highest BCUT2D eigenvalue weighted by Crippen LogP contribution is 2.35. The number of hydrogen-bond donors (Lipinski definition) is 2. The molecule has 2 N–H and O–H groups in total. The fraction of sp³-hybridized carbons (Fsp3) is 0.455. The zero-order chi connectivity index (χ0) is 9.31. The Morgan fingerprint density at radius 1 is 1.38 bits per heavy atom. The smallest absolute Gasteiger partial charge is 0.119 e. The molecule has 2 nitrogen and oxygen atoms in total. The molecule has 2 rings (SSSR count). The summed E-state index contributed by atoms with van der Waals surface area (Å²) in [5.74, 6) is 0.425. The van der Waals surface area contributed by atoms with Crippen LogP contribution < -0.4 is 5.32 Å². The Morgan fingerprint density at radius 2 is 2.15 bits per heavy atom. The van der Waals surface area contributed by atoms with Gasteiger partial charge in [0.1, 0.15) is 5.75 Å². The lowest BCUT2D eigenvalue weighted by atomic mass is 9.81. The van der Waals surface area contributed by atoms with Gasteiger partial charge in [-0.25, -0.2) is 0 Å². The molecule has 0 spiro atoms. The molecule has 1 heterocycles. The number of aromatic hydroxyl groups is 1. The summed E-state index contributed by atoms with van der Waals surface area (Å²) < 4.78 is 0. The first kappa shape index (κ1) is 8.57. The van der Waals surface area contributed by atoms with Crippen LogP contribution in [0.1, 0.15) is 18.9 Å². The van der Waals surface area contributed by atoms with Gasteiger partial charge in [-0.2, -0.15) is 0 Å². The van der Waals surface area contributed by atoms with Gasteiger partial charge in [0, 0.05) is 17.5 Å². The molecule has 1 unspecified atom stereocenters. The molecule has 1 aliphatic rings. The molecular formula is C11H15NO. The van der Waals surface area contributed by atoms with Crippen LogP contribution in [0.4, 0.5) is 0 Å². The zero-order valence-corrected chi connectivity index (χ0v) is 7.88. The Balaban J connectivity index is 2.39. The fourth-order valence-corrected chi connectivity index (χ4v) is 2.03. The highest BCUT2D eigenvalue weighted by molar-refractivity contribution is 5.39. The number of phenols is 1. The summed E-state index contributed by atoms with van der Waals surface area (Å²) >= 11 is 0. The van der Waals surface area contributed by atoms with E-state index in [1.165, 1.54) is 0 Å². The predicted octanol–water partition coefficient (Wildman–Crippen LogP) is 1.64. The average Bonchev–Trinajstić information content (AvgIpc) is 2.54. The second kappa shape index (κ2) is 3.04. The molecule has 1 aliphatic heterocycles. The molecule has 0 aliphatic carbocycles. The quantitative estimate of drug-likeness (QED) is 0.683. The van der Waals surface area contributed by atoms with Gasteiger partial charge in [0.15, 0.2) is 0 Å². The average molecular weight is 177 g/mol. The minimum absolute atomic E-state index is 0.116. The molecule has 1 aromatic rings. The number of rotatable bonds is 1. The van der Waals surface area contributed by atoms with Crippen LogP contribution in [0.25, 0.3) is 0 Å². The summed E-state index contributed by atoms with van der Waals surface area (Å²) in [4.78, 5) is 0. The predicted molar refractivity (Wildman–Crippen MR) is 52.9 cm³/mol. The van der Waals surface area contributed by atoms with Crippen molar-refractivity contribution in [3.8, 4) is 5.75 Å². The van der Waals surface area contributed by atoms with E-state index in [1.807, 2.05) is 18.2 Å². The van der Waals surface area contributed by atoms with E-state index in [4.69, 9.17) is 0 Å². The molecule has 0 radical (unpaired) electrons. The van der Waals surface area contributed by atoms with Crippen LogP contribution >= 0.6 is 0 Å². The Morgan fingerprint density at radius 3 is 2.77 bits per heavy atom. The molecule has 1 fully saturated rings. The summed E-state index contributed by atoms with van der Waals surface area (Å²) in [6.07, 6.45) is 1.10. The normalized spacial score (nSPS) is 27.8. The lowest BCUT2D eigenvalue weighted by Gasteiger charge is -2.23. The van der Waals surface area contributed by atoms with Gasteiger partial charge < -0.3 is 10.4 Å². The Hall–Kier alpha value is -1.02. The molecule has 0 bridgehead atoms. The summed E-state index contributed by atoms with van der Waals surface area (Å²) in [6, 6.07) is 7.63. The van der Waals surface area contributed by atoms with Crippen molar-refractivity contribution in [3.63, 3.8) is 0 Å². The number of hydrogen-bond acceptors (Lipinski definition) is 2. The van der Waals surface area contributed by atoms with Crippen LogP contribution in [0.5, 0.6) is 5.75 Å². The maximum absolute atomic E-state index is 9.71. The van der Waals surface area contributed by atoms with Gasteiger partial charge in [0.25, 0.3) is 0 Å². The van der Waals surface area contributed by atoms with Crippen LogP contribution in [0.2, 0.25) is 0 Å². The first-order valence-corrected chi connectivity index (χ1v) is 4.72. The molecule has 13 heavy (non-hydrogen) atoms.